The van der Waals surface area contributed by atoms with Crippen LogP contribution in [0, 0.1) is 0 Å². The molecule has 0 saturated heterocycles. The highest BCUT2D eigenvalue weighted by Gasteiger charge is 2.25. The van der Waals surface area contributed by atoms with Crippen LogP contribution in [-0.2, 0) is 4.74 Å². The lowest BCUT2D eigenvalue weighted by Gasteiger charge is -2.31. The van der Waals surface area contributed by atoms with Gasteiger partial charge in [0.05, 0.1) is 0 Å². The lowest BCUT2D eigenvalue weighted by atomic mass is 9.91. The molecule has 1 aliphatic carbocycles. The van der Waals surface area contributed by atoms with Crippen LogP contribution in [0.3, 0.4) is 0 Å². The van der Waals surface area contributed by atoms with Crippen molar-refractivity contribution < 1.29 is 9.53 Å². The van der Waals surface area contributed by atoms with Crippen LogP contribution in [0.15, 0.2) is 11.6 Å². The zero-order valence-electron chi connectivity index (χ0n) is 12.1. The Morgan fingerprint density at radius 3 is 2.58 bits per heavy atom. The third-order valence-electron chi connectivity index (χ3n) is 2.98. The molecule has 19 heavy (non-hydrogen) atoms. The number of amides is 1. The third kappa shape index (κ3) is 7.43. The van der Waals surface area contributed by atoms with E-state index in [4.69, 9.17) is 16.3 Å². The largest absolute Gasteiger partial charge is 0.444 e. The van der Waals surface area contributed by atoms with E-state index in [0.29, 0.717) is 17.6 Å². The Kier molecular flexibility index (Phi) is 6.14. The van der Waals surface area contributed by atoms with Crippen molar-refractivity contribution in [3.63, 3.8) is 0 Å². The van der Waals surface area contributed by atoms with E-state index in [1.54, 1.807) is 0 Å². The van der Waals surface area contributed by atoms with Gasteiger partial charge < -0.3 is 15.4 Å². The van der Waals surface area contributed by atoms with Crippen LogP contribution in [0.1, 0.15) is 46.5 Å². The maximum Gasteiger partial charge on any atom is 0.407 e. The van der Waals surface area contributed by atoms with Gasteiger partial charge in [0.1, 0.15) is 5.60 Å². The van der Waals surface area contributed by atoms with Crippen molar-refractivity contribution in [3.05, 3.63) is 11.6 Å². The summed E-state index contributed by atoms with van der Waals surface area (Å²) in [4.78, 5) is 11.7. The van der Waals surface area contributed by atoms with E-state index in [1.165, 1.54) is 0 Å². The van der Waals surface area contributed by atoms with Gasteiger partial charge in [-0.05, 0) is 46.5 Å². The Balaban J connectivity index is 2.34. The van der Waals surface area contributed by atoms with Gasteiger partial charge in [-0.1, -0.05) is 18.2 Å². The van der Waals surface area contributed by atoms with Crippen molar-refractivity contribution >= 4 is 17.7 Å². The monoisotopic (exact) mass is 288 g/mol. The summed E-state index contributed by atoms with van der Waals surface area (Å²) in [7, 11) is 0. The van der Waals surface area contributed by atoms with Crippen LogP contribution in [0.5, 0.6) is 0 Å². The number of hydrogen-bond donors (Lipinski definition) is 2. The van der Waals surface area contributed by atoms with Gasteiger partial charge in [0.25, 0.3) is 0 Å². The fourth-order valence-electron chi connectivity index (χ4n) is 2.24. The van der Waals surface area contributed by atoms with Gasteiger partial charge in [-0.15, -0.1) is 0 Å². The first-order chi connectivity index (χ1) is 8.76. The number of halogens is 1. The van der Waals surface area contributed by atoms with E-state index in [2.05, 4.69) is 17.2 Å². The van der Waals surface area contributed by atoms with Gasteiger partial charge in [0.2, 0.25) is 0 Å². The average molecular weight is 289 g/mol. The lowest BCUT2D eigenvalue weighted by molar-refractivity contribution is 0.0489. The molecule has 4 nitrogen and oxygen atoms in total. The molecule has 1 saturated carbocycles. The van der Waals surface area contributed by atoms with E-state index < -0.39 is 5.60 Å². The molecule has 1 aliphatic rings. The van der Waals surface area contributed by atoms with Crippen LogP contribution in [0.2, 0.25) is 0 Å². The van der Waals surface area contributed by atoms with Crippen molar-refractivity contribution in [2.24, 2.45) is 0 Å². The molecular weight excluding hydrogens is 264 g/mol. The van der Waals surface area contributed by atoms with Crippen molar-refractivity contribution in [2.45, 2.75) is 64.1 Å². The van der Waals surface area contributed by atoms with Crippen LogP contribution in [0.4, 0.5) is 4.79 Å². The molecule has 2 unspecified atom stereocenters. The number of carbonyl (C=O) groups excluding carboxylic acids is 1. The zero-order valence-corrected chi connectivity index (χ0v) is 12.8. The second-order valence-electron chi connectivity index (χ2n) is 6.10. The smallest absolute Gasteiger partial charge is 0.407 e. The summed E-state index contributed by atoms with van der Waals surface area (Å²) in [6.07, 6.45) is 3.77. The number of hydrogen-bond acceptors (Lipinski definition) is 3. The first-order valence-corrected chi connectivity index (χ1v) is 7.20. The van der Waals surface area contributed by atoms with Gasteiger partial charge in [0.15, 0.2) is 0 Å². The number of nitrogens with one attached hydrogen (secondary N) is 2. The standard InChI is InChI=1S/C14H25ClN2O2/c1-10(15)9-16-11-6-5-7-12(8-11)17-13(18)19-14(2,3)4/h11-12,16H,1,5-9H2,2-4H3,(H,17,18). The highest BCUT2D eigenvalue weighted by Crippen LogP contribution is 2.19. The molecular formula is C14H25ClN2O2. The van der Waals surface area contributed by atoms with E-state index in [0.717, 1.165) is 25.7 Å². The minimum Gasteiger partial charge on any atom is -0.444 e. The summed E-state index contributed by atoms with van der Waals surface area (Å²) in [6.45, 7) is 9.87. The minimum atomic E-state index is -0.452. The van der Waals surface area contributed by atoms with Gasteiger partial charge in [0, 0.05) is 23.7 Å². The minimum absolute atomic E-state index is 0.171. The Morgan fingerprint density at radius 1 is 1.37 bits per heavy atom. The number of rotatable bonds is 4. The second-order valence-corrected chi connectivity index (χ2v) is 6.64. The average Bonchev–Trinajstić information content (AvgIpc) is 2.24. The maximum atomic E-state index is 11.7. The summed E-state index contributed by atoms with van der Waals surface area (Å²) in [5.41, 5.74) is -0.452. The zero-order chi connectivity index (χ0) is 14.5. The number of ether oxygens (including phenoxy) is 1. The molecule has 0 bridgehead atoms. The van der Waals surface area contributed by atoms with Crippen molar-refractivity contribution in [1.82, 2.24) is 10.6 Å². The van der Waals surface area contributed by atoms with Crippen LogP contribution >= 0.6 is 11.6 Å². The highest BCUT2D eigenvalue weighted by atomic mass is 35.5. The SMILES string of the molecule is C=C(Cl)CNC1CCCC(NC(=O)OC(C)(C)C)C1. The Morgan fingerprint density at radius 2 is 2.00 bits per heavy atom. The summed E-state index contributed by atoms with van der Waals surface area (Å²) < 4.78 is 5.27. The molecule has 2 N–H and O–H groups in total. The first-order valence-electron chi connectivity index (χ1n) is 6.82. The quantitative estimate of drug-likeness (QED) is 0.835. The summed E-state index contributed by atoms with van der Waals surface area (Å²) >= 11 is 5.74. The summed E-state index contributed by atoms with van der Waals surface area (Å²) in [6, 6.07) is 0.550. The molecule has 5 heteroatoms. The molecule has 0 aliphatic heterocycles. The molecule has 0 aromatic carbocycles. The Labute approximate surface area is 120 Å². The third-order valence-corrected chi connectivity index (χ3v) is 3.11. The van der Waals surface area contributed by atoms with Crippen LogP contribution < -0.4 is 10.6 Å². The fourth-order valence-corrected chi connectivity index (χ4v) is 2.31. The predicted molar refractivity (Wildman–Crippen MR) is 78.4 cm³/mol. The molecule has 2 atom stereocenters. The molecule has 0 aromatic rings. The predicted octanol–water partition coefficient (Wildman–Crippen LogP) is 3.16. The molecule has 1 rings (SSSR count). The number of carbonyl (C=O) groups is 1. The molecule has 1 fully saturated rings. The molecule has 0 heterocycles. The van der Waals surface area contributed by atoms with Gasteiger partial charge in [-0.3, -0.25) is 0 Å². The Bertz CT molecular complexity index is 326. The van der Waals surface area contributed by atoms with Crippen molar-refractivity contribution in [1.29, 1.82) is 0 Å². The van der Waals surface area contributed by atoms with Crippen LogP contribution in [0.25, 0.3) is 0 Å². The number of alkyl carbamates (subject to hydrolysis) is 1. The highest BCUT2D eigenvalue weighted by molar-refractivity contribution is 6.29. The summed E-state index contributed by atoms with van der Waals surface area (Å²) in [5, 5.41) is 6.90. The molecule has 0 radical (unpaired) electrons. The molecule has 0 spiro atoms. The van der Waals surface area contributed by atoms with E-state index >= 15 is 0 Å². The van der Waals surface area contributed by atoms with E-state index in [9.17, 15) is 4.79 Å². The fraction of sp³-hybridized carbons (Fsp3) is 0.786. The Hall–Kier alpha value is -0.740. The molecule has 110 valence electrons. The van der Waals surface area contributed by atoms with Gasteiger partial charge in [-0.2, -0.15) is 0 Å². The normalized spacial score (nSPS) is 23.8. The van der Waals surface area contributed by atoms with Crippen molar-refractivity contribution in [2.75, 3.05) is 6.54 Å². The topological polar surface area (TPSA) is 50.4 Å². The lowest BCUT2D eigenvalue weighted by Crippen LogP contribution is -2.45. The molecule has 1 amide bonds. The van der Waals surface area contributed by atoms with Gasteiger partial charge >= 0.3 is 6.09 Å². The van der Waals surface area contributed by atoms with E-state index in [1.807, 2.05) is 20.8 Å². The van der Waals surface area contributed by atoms with E-state index in [-0.39, 0.29) is 12.1 Å². The first kappa shape index (κ1) is 16.3. The van der Waals surface area contributed by atoms with Crippen molar-refractivity contribution in [3.8, 4) is 0 Å². The van der Waals surface area contributed by atoms with Crippen LogP contribution in [-0.4, -0.2) is 30.3 Å². The van der Waals surface area contributed by atoms with Gasteiger partial charge in [-0.25, -0.2) is 4.79 Å². The second kappa shape index (κ2) is 7.15. The summed E-state index contributed by atoms with van der Waals surface area (Å²) in [5.74, 6) is 0. The maximum absolute atomic E-state index is 11.7. The molecule has 0 aromatic heterocycles.